The maximum absolute atomic E-state index is 12.1. The Morgan fingerprint density at radius 3 is 3.05 bits per heavy atom. The Morgan fingerprint density at radius 2 is 2.32 bits per heavy atom. The average Bonchev–Trinajstić information content (AvgIpc) is 2.94. The fourth-order valence-corrected chi connectivity index (χ4v) is 2.45. The topological polar surface area (TPSA) is 69.8 Å². The van der Waals surface area contributed by atoms with Gasteiger partial charge < -0.3 is 15.2 Å². The second kappa shape index (κ2) is 6.95. The largest absolute Gasteiger partial charge is 0.351 e. The maximum atomic E-state index is 12.1. The molecule has 0 saturated carbocycles. The van der Waals surface area contributed by atoms with E-state index in [-0.39, 0.29) is 5.91 Å². The average molecular weight is 260 g/mol. The van der Waals surface area contributed by atoms with E-state index in [1.165, 1.54) is 0 Å². The first-order valence-corrected chi connectivity index (χ1v) is 6.85. The number of amides is 1. The molecule has 5 nitrogen and oxygen atoms in total. The highest BCUT2D eigenvalue weighted by atomic mass is 16.1. The summed E-state index contributed by atoms with van der Waals surface area (Å²) >= 11 is 0. The van der Waals surface area contributed by atoms with Crippen molar-refractivity contribution in [3.63, 3.8) is 0 Å². The Bertz CT molecular complexity index is 454. The summed E-state index contributed by atoms with van der Waals surface area (Å²) < 4.78 is 2.08. The first-order chi connectivity index (χ1) is 9.33. The van der Waals surface area contributed by atoms with Crippen LogP contribution in [0.5, 0.6) is 0 Å². The van der Waals surface area contributed by atoms with Crippen molar-refractivity contribution in [2.24, 2.45) is 0 Å². The normalized spacial score (nSPS) is 15.9. The molecule has 2 heterocycles. The number of hydrogen-bond acceptors (Lipinski definition) is 3. The van der Waals surface area contributed by atoms with Gasteiger partial charge in [0.1, 0.15) is 5.69 Å². The molecule has 2 N–H and O–H groups in total. The standard InChI is InChI=1S/C14H20N4O/c15-7-1-2-8-17-14(19)13-4-3-11-18(13)12-5-9-16-10-6-12/h3-4,11-12,16H,1-2,5-6,8-10H2,(H,17,19). The van der Waals surface area contributed by atoms with Gasteiger partial charge in [0.25, 0.3) is 5.91 Å². The highest BCUT2D eigenvalue weighted by molar-refractivity contribution is 5.92. The first-order valence-electron chi connectivity index (χ1n) is 6.85. The van der Waals surface area contributed by atoms with E-state index in [0.29, 0.717) is 25.4 Å². The lowest BCUT2D eigenvalue weighted by Gasteiger charge is -2.25. The van der Waals surface area contributed by atoms with Crippen LogP contribution in [0.25, 0.3) is 0 Å². The number of piperidine rings is 1. The monoisotopic (exact) mass is 260 g/mol. The molecule has 0 unspecified atom stereocenters. The van der Waals surface area contributed by atoms with Crippen molar-refractivity contribution >= 4 is 5.91 Å². The Kier molecular flexibility index (Phi) is 4.99. The van der Waals surface area contributed by atoms with E-state index in [4.69, 9.17) is 5.26 Å². The van der Waals surface area contributed by atoms with Gasteiger partial charge >= 0.3 is 0 Å². The molecule has 0 aromatic carbocycles. The summed E-state index contributed by atoms with van der Waals surface area (Å²) in [5, 5.41) is 14.7. The summed E-state index contributed by atoms with van der Waals surface area (Å²) in [5.41, 5.74) is 0.726. The van der Waals surface area contributed by atoms with Gasteiger partial charge in [-0.05, 0) is 44.5 Å². The molecule has 1 saturated heterocycles. The molecule has 0 bridgehead atoms. The second-order valence-corrected chi connectivity index (χ2v) is 4.80. The van der Waals surface area contributed by atoms with Gasteiger partial charge in [-0.2, -0.15) is 5.26 Å². The summed E-state index contributed by atoms with van der Waals surface area (Å²) in [6, 6.07) is 6.27. The van der Waals surface area contributed by atoms with Crippen LogP contribution in [0, 0.1) is 11.3 Å². The summed E-state index contributed by atoms with van der Waals surface area (Å²) in [6.07, 6.45) is 5.29. The quantitative estimate of drug-likeness (QED) is 0.787. The van der Waals surface area contributed by atoms with Crippen LogP contribution in [0.4, 0.5) is 0 Å². The minimum atomic E-state index is -0.0403. The smallest absolute Gasteiger partial charge is 0.267 e. The van der Waals surface area contributed by atoms with Crippen molar-refractivity contribution in [3.8, 4) is 6.07 Å². The molecule has 1 amide bonds. The maximum Gasteiger partial charge on any atom is 0.267 e. The number of rotatable bonds is 5. The van der Waals surface area contributed by atoms with E-state index in [9.17, 15) is 4.79 Å². The zero-order valence-corrected chi connectivity index (χ0v) is 11.1. The minimum absolute atomic E-state index is 0.0403. The number of nitrogens with zero attached hydrogens (tertiary/aromatic N) is 2. The number of hydrogen-bond donors (Lipinski definition) is 2. The third kappa shape index (κ3) is 3.58. The van der Waals surface area contributed by atoms with Crippen molar-refractivity contribution in [1.29, 1.82) is 5.26 Å². The Labute approximate surface area is 113 Å². The SMILES string of the molecule is N#CCCCNC(=O)c1cccn1C1CCNCC1. The molecule has 0 spiro atoms. The van der Waals surface area contributed by atoms with Crippen LogP contribution < -0.4 is 10.6 Å². The lowest BCUT2D eigenvalue weighted by Crippen LogP contribution is -2.32. The Balaban J connectivity index is 1.94. The van der Waals surface area contributed by atoms with Crippen molar-refractivity contribution in [2.45, 2.75) is 31.7 Å². The van der Waals surface area contributed by atoms with Crippen LogP contribution in [-0.4, -0.2) is 30.1 Å². The van der Waals surface area contributed by atoms with Gasteiger partial charge in [0.05, 0.1) is 6.07 Å². The molecule has 1 aromatic rings. The second-order valence-electron chi connectivity index (χ2n) is 4.80. The fourth-order valence-electron chi connectivity index (χ4n) is 2.45. The molecule has 2 rings (SSSR count). The third-order valence-corrected chi connectivity index (χ3v) is 3.46. The van der Waals surface area contributed by atoms with Gasteiger partial charge in [0, 0.05) is 25.2 Å². The van der Waals surface area contributed by atoms with Gasteiger partial charge in [-0.15, -0.1) is 0 Å². The number of carbonyl (C=O) groups is 1. The highest BCUT2D eigenvalue weighted by Crippen LogP contribution is 2.21. The molecule has 1 aromatic heterocycles. The number of nitriles is 1. The van der Waals surface area contributed by atoms with Crippen LogP contribution in [0.2, 0.25) is 0 Å². The van der Waals surface area contributed by atoms with Crippen LogP contribution in [0.15, 0.2) is 18.3 Å². The number of carbonyl (C=O) groups excluding carboxylic acids is 1. The van der Waals surface area contributed by atoms with Gasteiger partial charge in [0.2, 0.25) is 0 Å². The van der Waals surface area contributed by atoms with E-state index >= 15 is 0 Å². The van der Waals surface area contributed by atoms with Crippen LogP contribution >= 0.6 is 0 Å². The molecular formula is C14H20N4O. The summed E-state index contributed by atoms with van der Waals surface area (Å²) in [7, 11) is 0. The fraction of sp³-hybridized carbons (Fsp3) is 0.571. The van der Waals surface area contributed by atoms with Crippen molar-refractivity contribution < 1.29 is 4.79 Å². The van der Waals surface area contributed by atoms with Crippen molar-refractivity contribution in [1.82, 2.24) is 15.2 Å². The molecule has 1 aliphatic rings. The summed E-state index contributed by atoms with van der Waals surface area (Å²) in [4.78, 5) is 12.1. The molecule has 102 valence electrons. The molecule has 0 radical (unpaired) electrons. The van der Waals surface area contributed by atoms with Gasteiger partial charge in [-0.1, -0.05) is 0 Å². The predicted octanol–water partition coefficient (Wildman–Crippen LogP) is 1.45. The Hall–Kier alpha value is -1.80. The molecule has 5 heteroatoms. The third-order valence-electron chi connectivity index (χ3n) is 3.46. The van der Waals surface area contributed by atoms with Crippen LogP contribution in [-0.2, 0) is 0 Å². The highest BCUT2D eigenvalue weighted by Gasteiger charge is 2.19. The van der Waals surface area contributed by atoms with E-state index in [0.717, 1.165) is 31.6 Å². The molecule has 0 atom stereocenters. The molecule has 1 aliphatic heterocycles. The zero-order valence-electron chi connectivity index (χ0n) is 11.1. The lowest BCUT2D eigenvalue weighted by atomic mass is 10.1. The first kappa shape index (κ1) is 13.6. The van der Waals surface area contributed by atoms with Gasteiger partial charge in [-0.3, -0.25) is 4.79 Å². The van der Waals surface area contributed by atoms with Crippen molar-refractivity contribution in [2.75, 3.05) is 19.6 Å². The van der Waals surface area contributed by atoms with Crippen LogP contribution in [0.1, 0.15) is 42.2 Å². The van der Waals surface area contributed by atoms with Crippen LogP contribution in [0.3, 0.4) is 0 Å². The lowest BCUT2D eigenvalue weighted by molar-refractivity contribution is 0.0940. The number of aromatic nitrogens is 1. The summed E-state index contributed by atoms with van der Waals surface area (Å²) in [5.74, 6) is -0.0403. The van der Waals surface area contributed by atoms with Gasteiger partial charge in [-0.25, -0.2) is 0 Å². The predicted molar refractivity (Wildman–Crippen MR) is 72.8 cm³/mol. The molecule has 19 heavy (non-hydrogen) atoms. The van der Waals surface area contributed by atoms with Crippen molar-refractivity contribution in [3.05, 3.63) is 24.0 Å². The van der Waals surface area contributed by atoms with E-state index in [1.54, 1.807) is 0 Å². The number of unbranched alkanes of at least 4 members (excludes halogenated alkanes) is 1. The summed E-state index contributed by atoms with van der Waals surface area (Å²) in [6.45, 7) is 2.57. The molecule has 1 fully saturated rings. The molecule has 0 aliphatic carbocycles. The van der Waals surface area contributed by atoms with Gasteiger partial charge in [0.15, 0.2) is 0 Å². The van der Waals surface area contributed by atoms with E-state index in [1.807, 2.05) is 18.3 Å². The molecular weight excluding hydrogens is 240 g/mol. The van der Waals surface area contributed by atoms with E-state index < -0.39 is 0 Å². The zero-order chi connectivity index (χ0) is 13.5. The van der Waals surface area contributed by atoms with E-state index in [2.05, 4.69) is 21.3 Å². The minimum Gasteiger partial charge on any atom is -0.351 e. The number of nitrogens with one attached hydrogen (secondary N) is 2. The Morgan fingerprint density at radius 1 is 1.53 bits per heavy atom.